The first-order valence-electron chi connectivity index (χ1n) is 7.48. The average molecular weight is 346 g/mol. The molecule has 0 heterocycles. The van der Waals surface area contributed by atoms with Crippen molar-refractivity contribution < 1.29 is 23.9 Å². The maximum absolute atomic E-state index is 11.9. The molecule has 0 atom stereocenters. The van der Waals surface area contributed by atoms with E-state index in [0.717, 1.165) is 0 Å². The van der Waals surface area contributed by atoms with Crippen molar-refractivity contribution in [1.82, 2.24) is 0 Å². The van der Waals surface area contributed by atoms with E-state index in [1.165, 1.54) is 18.2 Å². The van der Waals surface area contributed by atoms with E-state index in [1.54, 1.807) is 37.4 Å². The predicted octanol–water partition coefficient (Wildman–Crippen LogP) is 2.64. The van der Waals surface area contributed by atoms with Crippen LogP contribution in [0.15, 0.2) is 48.5 Å². The number of carbonyl (C=O) groups excluding carboxylic acids is 1. The van der Waals surface area contributed by atoms with E-state index >= 15 is 0 Å². The zero-order valence-corrected chi connectivity index (χ0v) is 13.6. The molecule has 0 aliphatic carbocycles. The third kappa shape index (κ3) is 5.78. The summed E-state index contributed by atoms with van der Waals surface area (Å²) >= 11 is 0. The molecule has 0 radical (unpaired) electrons. The van der Waals surface area contributed by atoms with Gasteiger partial charge in [-0.1, -0.05) is 12.1 Å². The number of nitro groups is 1. The van der Waals surface area contributed by atoms with Crippen LogP contribution in [0.2, 0.25) is 0 Å². The number of carbonyl (C=O) groups is 1. The van der Waals surface area contributed by atoms with Gasteiger partial charge in [0, 0.05) is 18.9 Å². The van der Waals surface area contributed by atoms with Crippen LogP contribution in [-0.4, -0.2) is 37.8 Å². The van der Waals surface area contributed by atoms with Gasteiger partial charge in [0.2, 0.25) is 0 Å². The van der Waals surface area contributed by atoms with Gasteiger partial charge in [-0.05, 0) is 30.3 Å². The Morgan fingerprint density at radius 3 is 2.48 bits per heavy atom. The molecular weight excluding hydrogens is 328 g/mol. The van der Waals surface area contributed by atoms with Gasteiger partial charge < -0.3 is 19.5 Å². The molecule has 8 heteroatoms. The first kappa shape index (κ1) is 18.2. The van der Waals surface area contributed by atoms with Crippen molar-refractivity contribution in [2.75, 3.05) is 32.2 Å². The van der Waals surface area contributed by atoms with Crippen molar-refractivity contribution in [3.63, 3.8) is 0 Å². The first-order valence-corrected chi connectivity index (χ1v) is 7.48. The first-order chi connectivity index (χ1) is 12.1. The van der Waals surface area contributed by atoms with Crippen molar-refractivity contribution in [2.24, 2.45) is 0 Å². The van der Waals surface area contributed by atoms with Gasteiger partial charge in [-0.2, -0.15) is 0 Å². The molecule has 2 rings (SSSR count). The summed E-state index contributed by atoms with van der Waals surface area (Å²) in [7, 11) is 1.59. The Balaban J connectivity index is 1.85. The summed E-state index contributed by atoms with van der Waals surface area (Å²) in [5.41, 5.74) is 0.378. The Morgan fingerprint density at radius 2 is 1.80 bits per heavy atom. The molecule has 0 unspecified atom stereocenters. The molecule has 25 heavy (non-hydrogen) atoms. The minimum Gasteiger partial charge on any atom is -0.491 e. The van der Waals surface area contributed by atoms with Crippen LogP contribution in [-0.2, 0) is 9.53 Å². The molecule has 0 bridgehead atoms. The monoisotopic (exact) mass is 346 g/mol. The number of hydrogen-bond acceptors (Lipinski definition) is 6. The fraction of sp³-hybridized carbons (Fsp3) is 0.235. The van der Waals surface area contributed by atoms with E-state index in [1.807, 2.05) is 0 Å². The topological polar surface area (TPSA) is 99.9 Å². The van der Waals surface area contributed by atoms with E-state index in [-0.39, 0.29) is 18.0 Å². The van der Waals surface area contributed by atoms with Crippen LogP contribution in [0.3, 0.4) is 0 Å². The fourth-order valence-electron chi connectivity index (χ4n) is 1.95. The maximum atomic E-state index is 11.9. The second-order valence-corrected chi connectivity index (χ2v) is 4.93. The van der Waals surface area contributed by atoms with Crippen LogP contribution in [0.1, 0.15) is 0 Å². The summed E-state index contributed by atoms with van der Waals surface area (Å²) in [4.78, 5) is 22.2. The number of benzene rings is 2. The molecule has 0 spiro atoms. The van der Waals surface area contributed by atoms with E-state index in [0.29, 0.717) is 24.7 Å². The summed E-state index contributed by atoms with van der Waals surface area (Å²) in [6.45, 7) is 0.588. The summed E-state index contributed by atoms with van der Waals surface area (Å²) in [6, 6.07) is 12.7. The minimum atomic E-state index is -0.560. The van der Waals surface area contributed by atoms with Gasteiger partial charge >= 0.3 is 5.69 Å². The molecule has 0 fully saturated rings. The molecule has 2 aromatic carbocycles. The smallest absolute Gasteiger partial charge is 0.310 e. The van der Waals surface area contributed by atoms with Gasteiger partial charge in [0.25, 0.3) is 5.91 Å². The summed E-state index contributed by atoms with van der Waals surface area (Å²) < 4.78 is 15.5. The number of nitrogens with one attached hydrogen (secondary N) is 1. The third-order valence-corrected chi connectivity index (χ3v) is 3.11. The van der Waals surface area contributed by atoms with E-state index < -0.39 is 10.8 Å². The van der Waals surface area contributed by atoms with Gasteiger partial charge in [-0.25, -0.2) is 0 Å². The number of anilines is 1. The Morgan fingerprint density at radius 1 is 1.08 bits per heavy atom. The molecule has 0 saturated heterocycles. The molecule has 132 valence electrons. The number of ether oxygens (including phenoxy) is 3. The van der Waals surface area contributed by atoms with Gasteiger partial charge in [0.15, 0.2) is 12.4 Å². The van der Waals surface area contributed by atoms with E-state index in [9.17, 15) is 14.9 Å². The zero-order chi connectivity index (χ0) is 18.1. The number of para-hydroxylation sites is 2. The molecule has 0 aliphatic heterocycles. The molecule has 0 aliphatic rings. The van der Waals surface area contributed by atoms with Crippen molar-refractivity contribution in [3.8, 4) is 11.5 Å². The number of amides is 1. The SMILES string of the molecule is COCCOc1ccc(NC(=O)COc2ccccc2[N+](=O)[O-])cc1. The zero-order valence-electron chi connectivity index (χ0n) is 13.6. The highest BCUT2D eigenvalue weighted by Crippen LogP contribution is 2.25. The summed E-state index contributed by atoms with van der Waals surface area (Å²) in [5.74, 6) is 0.280. The number of nitro benzene ring substituents is 1. The molecule has 0 saturated carbocycles. The lowest BCUT2D eigenvalue weighted by Gasteiger charge is -2.09. The summed E-state index contributed by atoms with van der Waals surface area (Å²) in [5, 5.41) is 13.5. The van der Waals surface area contributed by atoms with E-state index in [4.69, 9.17) is 14.2 Å². The number of hydrogen-bond donors (Lipinski definition) is 1. The maximum Gasteiger partial charge on any atom is 0.310 e. The Hall–Kier alpha value is -3.13. The number of rotatable bonds is 9. The molecule has 1 amide bonds. The van der Waals surface area contributed by atoms with Crippen molar-refractivity contribution in [1.29, 1.82) is 0 Å². The lowest BCUT2D eigenvalue weighted by molar-refractivity contribution is -0.385. The van der Waals surface area contributed by atoms with Gasteiger partial charge in [0.1, 0.15) is 12.4 Å². The lowest BCUT2D eigenvalue weighted by Crippen LogP contribution is -2.20. The molecule has 8 nitrogen and oxygen atoms in total. The van der Waals surface area contributed by atoms with Crippen molar-refractivity contribution in [2.45, 2.75) is 0 Å². The highest BCUT2D eigenvalue weighted by Gasteiger charge is 2.14. The quantitative estimate of drug-likeness (QED) is 0.426. The highest BCUT2D eigenvalue weighted by atomic mass is 16.6. The standard InChI is InChI=1S/C17H18N2O6/c1-23-10-11-24-14-8-6-13(7-9-14)18-17(20)12-25-16-5-3-2-4-15(16)19(21)22/h2-9H,10-12H2,1H3,(H,18,20). The second kappa shape index (κ2) is 9.24. The van der Waals surface area contributed by atoms with Crippen LogP contribution in [0.25, 0.3) is 0 Å². The fourth-order valence-corrected chi connectivity index (χ4v) is 1.95. The molecule has 2 aromatic rings. The van der Waals surface area contributed by atoms with Crippen LogP contribution in [0.5, 0.6) is 11.5 Å². The van der Waals surface area contributed by atoms with E-state index in [2.05, 4.69) is 5.32 Å². The predicted molar refractivity (Wildman–Crippen MR) is 91.0 cm³/mol. The highest BCUT2D eigenvalue weighted by molar-refractivity contribution is 5.91. The molecule has 0 aromatic heterocycles. The number of nitrogens with zero attached hydrogens (tertiary/aromatic N) is 1. The average Bonchev–Trinajstić information content (AvgIpc) is 2.62. The van der Waals surface area contributed by atoms with Crippen molar-refractivity contribution in [3.05, 3.63) is 58.6 Å². The number of methoxy groups -OCH3 is 1. The normalized spacial score (nSPS) is 10.1. The van der Waals surface area contributed by atoms with Gasteiger partial charge in [-0.3, -0.25) is 14.9 Å². The lowest BCUT2D eigenvalue weighted by atomic mass is 10.3. The minimum absolute atomic E-state index is 0.0459. The Bertz CT molecular complexity index is 717. The molecule has 1 N–H and O–H groups in total. The molecular formula is C17H18N2O6. The van der Waals surface area contributed by atoms with Gasteiger partial charge in [0.05, 0.1) is 11.5 Å². The summed E-state index contributed by atoms with van der Waals surface area (Å²) in [6.07, 6.45) is 0. The van der Waals surface area contributed by atoms with Crippen LogP contribution in [0.4, 0.5) is 11.4 Å². The van der Waals surface area contributed by atoms with Crippen LogP contribution < -0.4 is 14.8 Å². The third-order valence-electron chi connectivity index (χ3n) is 3.11. The van der Waals surface area contributed by atoms with Crippen LogP contribution >= 0.6 is 0 Å². The Labute approximate surface area is 144 Å². The van der Waals surface area contributed by atoms with Crippen molar-refractivity contribution >= 4 is 17.3 Å². The Kier molecular flexibility index (Phi) is 6.73. The van der Waals surface area contributed by atoms with Gasteiger partial charge in [-0.15, -0.1) is 0 Å². The largest absolute Gasteiger partial charge is 0.491 e. The second-order valence-electron chi connectivity index (χ2n) is 4.93. The van der Waals surface area contributed by atoms with Crippen LogP contribution in [0, 0.1) is 10.1 Å².